The first-order valence-electron chi connectivity index (χ1n) is 6.80. The van der Waals surface area contributed by atoms with Crippen LogP contribution in [0, 0.1) is 5.92 Å². The van der Waals surface area contributed by atoms with E-state index in [2.05, 4.69) is 6.92 Å². The summed E-state index contributed by atoms with van der Waals surface area (Å²) in [4.78, 5) is 14.0. The molecule has 5 nitrogen and oxygen atoms in total. The van der Waals surface area contributed by atoms with Crippen LogP contribution in [0.1, 0.15) is 33.1 Å². The molecular weight excluding hydrogens is 232 g/mol. The van der Waals surface area contributed by atoms with E-state index < -0.39 is 0 Å². The molecule has 0 aliphatic carbocycles. The second-order valence-corrected chi connectivity index (χ2v) is 5.25. The van der Waals surface area contributed by atoms with Crippen LogP contribution in [0.15, 0.2) is 0 Å². The molecule has 1 heterocycles. The predicted octanol–water partition coefficient (Wildman–Crippen LogP) is 0.360. The standard InChI is InChI=1S/C13H26N2O3/c1-10(5-6-14)3-4-13(17)15-7-12(8-16)18-9-11(15)2/h10-12,16H,3-9,14H2,1-2H3. The molecule has 106 valence electrons. The number of nitrogens with two attached hydrogens (primary N) is 1. The Bertz CT molecular complexity index is 261. The SMILES string of the molecule is CC(CCN)CCC(=O)N1CC(CO)OCC1C. The fraction of sp³-hybridized carbons (Fsp3) is 0.923. The lowest BCUT2D eigenvalue weighted by molar-refractivity contribution is -0.146. The zero-order valence-electron chi connectivity index (χ0n) is 11.5. The normalized spacial score (nSPS) is 26.1. The second-order valence-electron chi connectivity index (χ2n) is 5.25. The highest BCUT2D eigenvalue weighted by atomic mass is 16.5. The highest BCUT2D eigenvalue weighted by Crippen LogP contribution is 2.16. The Hall–Kier alpha value is -0.650. The first-order chi connectivity index (χ1) is 8.58. The molecule has 0 saturated carbocycles. The molecule has 3 atom stereocenters. The Morgan fingerprint density at radius 2 is 2.28 bits per heavy atom. The van der Waals surface area contributed by atoms with E-state index in [4.69, 9.17) is 15.6 Å². The summed E-state index contributed by atoms with van der Waals surface area (Å²) in [6.45, 7) is 5.77. The lowest BCUT2D eigenvalue weighted by Crippen LogP contribution is -2.52. The molecule has 18 heavy (non-hydrogen) atoms. The molecule has 1 aliphatic rings. The minimum atomic E-state index is -0.230. The Morgan fingerprint density at radius 1 is 1.56 bits per heavy atom. The summed E-state index contributed by atoms with van der Waals surface area (Å²) in [6, 6.07) is 0.102. The number of nitrogens with zero attached hydrogens (tertiary/aromatic N) is 1. The fourth-order valence-corrected chi connectivity index (χ4v) is 2.22. The third kappa shape index (κ3) is 4.55. The van der Waals surface area contributed by atoms with Crippen LogP contribution in [0.4, 0.5) is 0 Å². The van der Waals surface area contributed by atoms with Crippen molar-refractivity contribution >= 4 is 5.91 Å². The first kappa shape index (κ1) is 15.4. The van der Waals surface area contributed by atoms with E-state index in [1.165, 1.54) is 0 Å². The zero-order chi connectivity index (χ0) is 13.5. The highest BCUT2D eigenvalue weighted by molar-refractivity contribution is 5.76. The van der Waals surface area contributed by atoms with Crippen LogP contribution in [-0.4, -0.2) is 54.4 Å². The van der Waals surface area contributed by atoms with Crippen molar-refractivity contribution in [3.63, 3.8) is 0 Å². The number of rotatable bonds is 6. The van der Waals surface area contributed by atoms with Crippen LogP contribution in [-0.2, 0) is 9.53 Å². The lowest BCUT2D eigenvalue weighted by atomic mass is 10.0. The number of ether oxygens (including phenoxy) is 1. The summed E-state index contributed by atoms with van der Waals surface area (Å²) < 4.78 is 5.42. The maximum atomic E-state index is 12.1. The maximum absolute atomic E-state index is 12.1. The van der Waals surface area contributed by atoms with Crippen molar-refractivity contribution in [1.29, 1.82) is 0 Å². The fourth-order valence-electron chi connectivity index (χ4n) is 2.22. The Morgan fingerprint density at radius 3 is 2.89 bits per heavy atom. The van der Waals surface area contributed by atoms with Gasteiger partial charge in [-0.3, -0.25) is 4.79 Å². The molecule has 5 heteroatoms. The van der Waals surface area contributed by atoms with Crippen molar-refractivity contribution < 1.29 is 14.6 Å². The molecular formula is C13H26N2O3. The van der Waals surface area contributed by atoms with E-state index in [1.807, 2.05) is 11.8 Å². The van der Waals surface area contributed by atoms with Gasteiger partial charge in [-0.15, -0.1) is 0 Å². The summed E-state index contributed by atoms with van der Waals surface area (Å²) in [6.07, 6.45) is 2.17. The van der Waals surface area contributed by atoms with Gasteiger partial charge in [0.05, 0.1) is 25.4 Å². The van der Waals surface area contributed by atoms with Crippen molar-refractivity contribution in [2.75, 3.05) is 26.3 Å². The molecule has 0 bridgehead atoms. The maximum Gasteiger partial charge on any atom is 0.222 e. The molecule has 1 amide bonds. The van der Waals surface area contributed by atoms with Gasteiger partial charge in [0.2, 0.25) is 5.91 Å². The van der Waals surface area contributed by atoms with Crippen LogP contribution in [0.25, 0.3) is 0 Å². The number of morpholine rings is 1. The summed E-state index contributed by atoms with van der Waals surface area (Å²) in [5.74, 6) is 0.650. The van der Waals surface area contributed by atoms with Gasteiger partial charge in [-0.25, -0.2) is 0 Å². The highest BCUT2D eigenvalue weighted by Gasteiger charge is 2.28. The number of hydrogen-bond acceptors (Lipinski definition) is 4. The molecule has 1 saturated heterocycles. The van der Waals surface area contributed by atoms with E-state index in [0.717, 1.165) is 12.8 Å². The van der Waals surface area contributed by atoms with E-state index in [-0.39, 0.29) is 24.7 Å². The van der Waals surface area contributed by atoms with Crippen LogP contribution in [0.5, 0.6) is 0 Å². The average Bonchev–Trinajstić information content (AvgIpc) is 2.37. The van der Waals surface area contributed by atoms with Gasteiger partial charge >= 0.3 is 0 Å². The van der Waals surface area contributed by atoms with Crippen LogP contribution in [0.2, 0.25) is 0 Å². The minimum Gasteiger partial charge on any atom is -0.394 e. The molecule has 0 aromatic rings. The number of hydrogen-bond donors (Lipinski definition) is 2. The van der Waals surface area contributed by atoms with E-state index in [0.29, 0.717) is 32.0 Å². The third-order valence-electron chi connectivity index (χ3n) is 3.54. The van der Waals surface area contributed by atoms with Crippen molar-refractivity contribution in [2.24, 2.45) is 11.7 Å². The van der Waals surface area contributed by atoms with E-state index in [1.54, 1.807) is 0 Å². The lowest BCUT2D eigenvalue weighted by Gasteiger charge is -2.37. The molecule has 0 radical (unpaired) electrons. The number of aliphatic hydroxyl groups is 1. The second kappa shape index (κ2) is 7.71. The zero-order valence-corrected chi connectivity index (χ0v) is 11.5. The van der Waals surface area contributed by atoms with Gasteiger partial charge in [0.1, 0.15) is 0 Å². The van der Waals surface area contributed by atoms with Gasteiger partial charge in [0.25, 0.3) is 0 Å². The van der Waals surface area contributed by atoms with Crippen LogP contribution >= 0.6 is 0 Å². The van der Waals surface area contributed by atoms with E-state index in [9.17, 15) is 4.79 Å². The summed E-state index contributed by atoms with van der Waals surface area (Å²) in [7, 11) is 0. The number of carbonyl (C=O) groups excluding carboxylic acids is 1. The minimum absolute atomic E-state index is 0.0277. The largest absolute Gasteiger partial charge is 0.394 e. The van der Waals surface area contributed by atoms with Gasteiger partial charge in [0.15, 0.2) is 0 Å². The van der Waals surface area contributed by atoms with Gasteiger partial charge in [0, 0.05) is 13.0 Å². The predicted molar refractivity (Wildman–Crippen MR) is 70.1 cm³/mol. The summed E-state index contributed by atoms with van der Waals surface area (Å²) in [5, 5.41) is 9.09. The number of aliphatic hydroxyl groups excluding tert-OH is 1. The topological polar surface area (TPSA) is 75.8 Å². The van der Waals surface area contributed by atoms with E-state index >= 15 is 0 Å². The van der Waals surface area contributed by atoms with Crippen molar-refractivity contribution in [2.45, 2.75) is 45.3 Å². The first-order valence-corrected chi connectivity index (χ1v) is 6.80. The number of carbonyl (C=O) groups is 1. The smallest absolute Gasteiger partial charge is 0.222 e. The Balaban J connectivity index is 2.39. The van der Waals surface area contributed by atoms with Gasteiger partial charge in [-0.05, 0) is 32.2 Å². The number of amides is 1. The quantitative estimate of drug-likeness (QED) is 0.721. The third-order valence-corrected chi connectivity index (χ3v) is 3.54. The molecule has 3 unspecified atom stereocenters. The molecule has 0 aromatic heterocycles. The van der Waals surface area contributed by atoms with Crippen molar-refractivity contribution in [1.82, 2.24) is 4.90 Å². The Labute approximate surface area is 109 Å². The molecule has 1 aliphatic heterocycles. The van der Waals surface area contributed by atoms with Crippen LogP contribution in [0.3, 0.4) is 0 Å². The van der Waals surface area contributed by atoms with Crippen LogP contribution < -0.4 is 5.73 Å². The van der Waals surface area contributed by atoms with Crippen molar-refractivity contribution in [3.05, 3.63) is 0 Å². The molecule has 0 aromatic carbocycles. The molecule has 1 fully saturated rings. The van der Waals surface area contributed by atoms with Gasteiger partial charge < -0.3 is 20.5 Å². The average molecular weight is 258 g/mol. The Kier molecular flexibility index (Phi) is 6.60. The van der Waals surface area contributed by atoms with Gasteiger partial charge in [-0.1, -0.05) is 6.92 Å². The summed E-state index contributed by atoms with van der Waals surface area (Å²) in [5.41, 5.74) is 5.50. The van der Waals surface area contributed by atoms with Gasteiger partial charge in [-0.2, -0.15) is 0 Å². The molecule has 3 N–H and O–H groups in total. The molecule has 1 rings (SSSR count). The molecule has 0 spiro atoms. The monoisotopic (exact) mass is 258 g/mol. The van der Waals surface area contributed by atoms with Crippen molar-refractivity contribution in [3.8, 4) is 0 Å². The summed E-state index contributed by atoms with van der Waals surface area (Å²) >= 11 is 0.